The average molecular weight is 408 g/mol. The van der Waals surface area contributed by atoms with Gasteiger partial charge in [0.1, 0.15) is 4.90 Å². The zero-order valence-electron chi connectivity index (χ0n) is 12.9. The molecule has 0 atom stereocenters. The Balaban J connectivity index is 2.21. The molecular formula is C15H15Cl2NO4S2. The van der Waals surface area contributed by atoms with Crippen molar-refractivity contribution in [2.45, 2.75) is 23.3 Å². The number of nitrogens with one attached hydrogen (secondary N) is 1. The molecule has 0 saturated heterocycles. The lowest BCUT2D eigenvalue weighted by molar-refractivity contribution is 0.581. The fourth-order valence-electron chi connectivity index (χ4n) is 1.95. The number of rotatable bonds is 5. The first-order chi connectivity index (χ1) is 11.0. The second-order valence-corrected chi connectivity index (χ2v) is 9.84. The molecule has 0 aliphatic rings. The molecule has 2 aromatic rings. The first-order valence-corrected chi connectivity index (χ1v) is 10.9. The number of aryl methyl sites for hydroxylation is 1. The van der Waals surface area contributed by atoms with E-state index in [4.69, 9.17) is 23.2 Å². The van der Waals surface area contributed by atoms with Crippen molar-refractivity contribution in [2.24, 2.45) is 0 Å². The van der Waals surface area contributed by atoms with Crippen LogP contribution in [0.2, 0.25) is 10.0 Å². The van der Waals surface area contributed by atoms with Crippen molar-refractivity contribution in [3.63, 3.8) is 0 Å². The number of sulfonamides is 1. The average Bonchev–Trinajstić information content (AvgIpc) is 2.48. The monoisotopic (exact) mass is 407 g/mol. The van der Waals surface area contributed by atoms with E-state index in [1.807, 2.05) is 0 Å². The first-order valence-electron chi connectivity index (χ1n) is 6.75. The molecular weight excluding hydrogens is 393 g/mol. The number of sulfone groups is 1. The Morgan fingerprint density at radius 2 is 1.54 bits per heavy atom. The zero-order chi connectivity index (χ0) is 18.1. The number of benzene rings is 2. The van der Waals surface area contributed by atoms with Gasteiger partial charge in [-0.1, -0.05) is 35.3 Å². The molecule has 24 heavy (non-hydrogen) atoms. The molecule has 5 nitrogen and oxygen atoms in total. The summed E-state index contributed by atoms with van der Waals surface area (Å²) in [6.45, 7) is 1.69. The molecule has 0 aliphatic heterocycles. The highest BCUT2D eigenvalue weighted by Crippen LogP contribution is 2.28. The highest BCUT2D eigenvalue weighted by atomic mass is 35.5. The van der Waals surface area contributed by atoms with Crippen molar-refractivity contribution in [3.05, 3.63) is 57.6 Å². The highest BCUT2D eigenvalue weighted by Gasteiger charge is 2.19. The smallest absolute Gasteiger partial charge is 0.224 e. The Bertz CT molecular complexity index is 969. The van der Waals surface area contributed by atoms with Gasteiger partial charge in [0.2, 0.25) is 10.0 Å². The van der Waals surface area contributed by atoms with Crippen LogP contribution in [0.25, 0.3) is 0 Å². The van der Waals surface area contributed by atoms with Gasteiger partial charge >= 0.3 is 0 Å². The standard InChI is InChI=1S/C15H15Cl2NO4S2/c1-10-7-15(14(17)8-13(10)16)24(21,22)18-9-11-3-5-12(6-4-11)23(2,19)20/h3-8,18H,9H2,1-2H3. The zero-order valence-corrected chi connectivity index (χ0v) is 16.0. The second-order valence-electron chi connectivity index (χ2n) is 5.27. The van der Waals surface area contributed by atoms with Gasteiger partial charge in [-0.05, 0) is 42.3 Å². The molecule has 0 amide bonds. The summed E-state index contributed by atoms with van der Waals surface area (Å²) in [6, 6.07) is 8.74. The summed E-state index contributed by atoms with van der Waals surface area (Å²) in [5, 5.41) is 0.417. The van der Waals surface area contributed by atoms with Crippen LogP contribution < -0.4 is 4.72 Å². The molecule has 0 unspecified atom stereocenters. The van der Waals surface area contributed by atoms with Crippen molar-refractivity contribution >= 4 is 43.1 Å². The van der Waals surface area contributed by atoms with Crippen LogP contribution in [0, 0.1) is 6.92 Å². The van der Waals surface area contributed by atoms with Gasteiger partial charge in [0, 0.05) is 17.8 Å². The predicted molar refractivity (Wildman–Crippen MR) is 94.8 cm³/mol. The van der Waals surface area contributed by atoms with Crippen molar-refractivity contribution in [2.75, 3.05) is 6.26 Å². The SMILES string of the molecule is Cc1cc(S(=O)(=O)NCc2ccc(S(C)(=O)=O)cc2)c(Cl)cc1Cl. The van der Waals surface area contributed by atoms with Gasteiger partial charge in [0.05, 0.1) is 9.92 Å². The van der Waals surface area contributed by atoms with E-state index in [1.165, 1.54) is 24.3 Å². The number of hydrogen-bond acceptors (Lipinski definition) is 4. The van der Waals surface area contributed by atoms with Crippen LogP contribution in [0.3, 0.4) is 0 Å². The Morgan fingerprint density at radius 3 is 2.08 bits per heavy atom. The van der Waals surface area contributed by atoms with Gasteiger partial charge in [-0.25, -0.2) is 21.6 Å². The maximum Gasteiger partial charge on any atom is 0.242 e. The van der Waals surface area contributed by atoms with Gasteiger partial charge in [0.15, 0.2) is 9.84 Å². The van der Waals surface area contributed by atoms with Crippen LogP contribution in [-0.2, 0) is 26.4 Å². The van der Waals surface area contributed by atoms with Gasteiger partial charge in [-0.2, -0.15) is 0 Å². The molecule has 0 radical (unpaired) electrons. The van der Waals surface area contributed by atoms with Crippen molar-refractivity contribution < 1.29 is 16.8 Å². The van der Waals surface area contributed by atoms with Gasteiger partial charge in [-0.15, -0.1) is 0 Å². The normalized spacial score (nSPS) is 12.3. The van der Waals surface area contributed by atoms with E-state index in [2.05, 4.69) is 4.72 Å². The molecule has 1 N–H and O–H groups in total. The minimum absolute atomic E-state index is 0.00434. The Hall–Kier alpha value is -1.12. The third-order valence-corrected chi connectivity index (χ3v) is 6.72. The molecule has 0 saturated carbocycles. The lowest BCUT2D eigenvalue weighted by atomic mass is 10.2. The highest BCUT2D eigenvalue weighted by molar-refractivity contribution is 7.90. The van der Waals surface area contributed by atoms with Gasteiger partial charge in [0.25, 0.3) is 0 Å². The topological polar surface area (TPSA) is 80.3 Å². The summed E-state index contributed by atoms with van der Waals surface area (Å²) in [5.74, 6) is 0. The molecule has 0 aromatic heterocycles. The van der Waals surface area contributed by atoms with Crippen molar-refractivity contribution in [1.82, 2.24) is 4.72 Å². The van der Waals surface area contributed by atoms with E-state index >= 15 is 0 Å². The van der Waals surface area contributed by atoms with Crippen molar-refractivity contribution in [1.29, 1.82) is 0 Å². The summed E-state index contributed by atoms with van der Waals surface area (Å²) in [4.78, 5) is 0.115. The Kier molecular flexibility index (Phi) is 5.61. The Labute approximate surface area is 151 Å². The lowest BCUT2D eigenvalue weighted by Crippen LogP contribution is -2.23. The molecule has 2 aromatic carbocycles. The van der Waals surface area contributed by atoms with Crippen LogP contribution in [-0.4, -0.2) is 23.1 Å². The summed E-state index contributed by atoms with van der Waals surface area (Å²) in [5.41, 5.74) is 1.21. The van der Waals surface area contributed by atoms with Gasteiger partial charge < -0.3 is 0 Å². The van der Waals surface area contributed by atoms with E-state index in [-0.39, 0.29) is 21.4 Å². The summed E-state index contributed by atoms with van der Waals surface area (Å²) in [6.07, 6.45) is 1.11. The Morgan fingerprint density at radius 1 is 0.958 bits per heavy atom. The fraction of sp³-hybridized carbons (Fsp3) is 0.200. The molecule has 2 rings (SSSR count). The van der Waals surface area contributed by atoms with Crippen LogP contribution >= 0.6 is 23.2 Å². The van der Waals surface area contributed by atoms with Crippen molar-refractivity contribution in [3.8, 4) is 0 Å². The molecule has 9 heteroatoms. The minimum Gasteiger partial charge on any atom is -0.224 e. The van der Waals surface area contributed by atoms with Gasteiger partial charge in [-0.3, -0.25) is 0 Å². The maximum absolute atomic E-state index is 12.4. The summed E-state index contributed by atoms with van der Waals surface area (Å²) >= 11 is 11.9. The first kappa shape index (κ1) is 19.2. The second kappa shape index (κ2) is 7.01. The molecule has 0 fully saturated rings. The van der Waals surface area contributed by atoms with E-state index in [9.17, 15) is 16.8 Å². The fourth-order valence-corrected chi connectivity index (χ4v) is 4.43. The van der Waals surface area contributed by atoms with E-state index < -0.39 is 19.9 Å². The number of hydrogen-bond donors (Lipinski definition) is 1. The van der Waals surface area contributed by atoms with Crippen LogP contribution in [0.1, 0.15) is 11.1 Å². The molecule has 0 spiro atoms. The van der Waals surface area contributed by atoms with Crippen LogP contribution in [0.4, 0.5) is 0 Å². The predicted octanol–water partition coefficient (Wildman–Crippen LogP) is 3.18. The molecule has 0 aliphatic carbocycles. The third kappa shape index (κ3) is 4.49. The third-order valence-electron chi connectivity index (χ3n) is 3.32. The van der Waals surface area contributed by atoms with Crippen LogP contribution in [0.15, 0.2) is 46.2 Å². The molecule has 0 heterocycles. The molecule has 0 bridgehead atoms. The lowest BCUT2D eigenvalue weighted by Gasteiger charge is -2.10. The quantitative estimate of drug-likeness (QED) is 0.824. The summed E-state index contributed by atoms with van der Waals surface area (Å²) in [7, 11) is -7.11. The number of halogens is 2. The van der Waals surface area contributed by atoms with E-state index in [0.29, 0.717) is 16.1 Å². The maximum atomic E-state index is 12.4. The minimum atomic E-state index is -3.83. The van der Waals surface area contributed by atoms with E-state index in [1.54, 1.807) is 19.1 Å². The van der Waals surface area contributed by atoms with E-state index in [0.717, 1.165) is 6.26 Å². The molecule has 130 valence electrons. The largest absolute Gasteiger partial charge is 0.242 e. The van der Waals surface area contributed by atoms with Crippen LogP contribution in [0.5, 0.6) is 0 Å². The summed E-state index contributed by atoms with van der Waals surface area (Å²) < 4.78 is 50.0.